The third kappa shape index (κ3) is 3.73. The molecule has 4 heteroatoms. The van der Waals surface area contributed by atoms with Gasteiger partial charge in [-0.15, -0.1) is 0 Å². The van der Waals surface area contributed by atoms with E-state index >= 15 is 0 Å². The van der Waals surface area contributed by atoms with Crippen LogP contribution in [0.4, 0.5) is 0 Å². The van der Waals surface area contributed by atoms with E-state index in [1.807, 2.05) is 7.05 Å². The lowest BCUT2D eigenvalue weighted by atomic mass is 9.79. The van der Waals surface area contributed by atoms with Crippen molar-refractivity contribution in [1.29, 1.82) is 0 Å². The first-order chi connectivity index (χ1) is 8.95. The predicted molar refractivity (Wildman–Crippen MR) is 80.7 cm³/mol. The SMILES string of the molecule is CCCC(C)(CNC1CC1)Cc1c(C)nn(C)c1Cl. The van der Waals surface area contributed by atoms with Crippen molar-refractivity contribution in [3.63, 3.8) is 0 Å². The monoisotopic (exact) mass is 283 g/mol. The van der Waals surface area contributed by atoms with Gasteiger partial charge in [0.05, 0.1) is 5.69 Å². The van der Waals surface area contributed by atoms with Crippen molar-refractivity contribution >= 4 is 11.6 Å². The van der Waals surface area contributed by atoms with E-state index in [1.165, 1.54) is 31.2 Å². The molecule has 1 aromatic rings. The molecule has 1 aromatic heterocycles. The van der Waals surface area contributed by atoms with Gasteiger partial charge < -0.3 is 5.32 Å². The maximum Gasteiger partial charge on any atom is 0.130 e. The fraction of sp³-hybridized carbons (Fsp3) is 0.800. The minimum atomic E-state index is 0.273. The van der Waals surface area contributed by atoms with Crippen LogP contribution >= 0.6 is 11.6 Å². The first-order valence-corrected chi connectivity index (χ1v) is 7.74. The Morgan fingerprint density at radius 3 is 2.63 bits per heavy atom. The van der Waals surface area contributed by atoms with Gasteiger partial charge in [-0.1, -0.05) is 31.9 Å². The average molecular weight is 284 g/mol. The van der Waals surface area contributed by atoms with E-state index in [-0.39, 0.29) is 5.41 Å². The summed E-state index contributed by atoms with van der Waals surface area (Å²) in [6.07, 6.45) is 6.12. The number of hydrogen-bond acceptors (Lipinski definition) is 2. The summed E-state index contributed by atoms with van der Waals surface area (Å²) in [5, 5.41) is 8.90. The van der Waals surface area contributed by atoms with Crippen LogP contribution < -0.4 is 5.32 Å². The summed E-state index contributed by atoms with van der Waals surface area (Å²) < 4.78 is 1.78. The second kappa shape index (κ2) is 5.84. The molecular formula is C15H26ClN3. The summed E-state index contributed by atoms with van der Waals surface area (Å²) in [6, 6.07) is 0.765. The number of aryl methyl sites for hydroxylation is 2. The van der Waals surface area contributed by atoms with Crippen LogP contribution in [-0.2, 0) is 13.5 Å². The van der Waals surface area contributed by atoms with E-state index in [4.69, 9.17) is 11.6 Å². The van der Waals surface area contributed by atoms with Gasteiger partial charge in [-0.2, -0.15) is 5.10 Å². The van der Waals surface area contributed by atoms with Gasteiger partial charge in [-0.05, 0) is 38.0 Å². The fourth-order valence-corrected chi connectivity index (χ4v) is 3.06. The molecule has 1 atom stereocenters. The Labute approximate surface area is 121 Å². The number of halogens is 1. The Kier molecular flexibility index (Phi) is 4.57. The lowest BCUT2D eigenvalue weighted by Crippen LogP contribution is -2.35. The molecule has 0 aromatic carbocycles. The van der Waals surface area contributed by atoms with E-state index in [0.717, 1.165) is 29.9 Å². The molecule has 0 aliphatic heterocycles. The molecule has 19 heavy (non-hydrogen) atoms. The highest BCUT2D eigenvalue weighted by Crippen LogP contribution is 2.33. The zero-order chi connectivity index (χ0) is 14.0. The standard InChI is InChI=1S/C15H26ClN3/c1-5-8-15(3,10-17-12-6-7-12)9-13-11(2)18-19(4)14(13)16/h12,17H,5-10H2,1-4H3. The summed E-state index contributed by atoms with van der Waals surface area (Å²) >= 11 is 6.38. The van der Waals surface area contributed by atoms with Crippen molar-refractivity contribution in [2.45, 2.75) is 58.9 Å². The van der Waals surface area contributed by atoms with Crippen LogP contribution in [0, 0.1) is 12.3 Å². The highest BCUT2D eigenvalue weighted by atomic mass is 35.5. The zero-order valence-corrected chi connectivity index (χ0v) is 13.3. The lowest BCUT2D eigenvalue weighted by molar-refractivity contribution is 0.273. The fourth-order valence-electron chi connectivity index (χ4n) is 2.82. The van der Waals surface area contributed by atoms with Crippen LogP contribution in [0.3, 0.4) is 0 Å². The summed E-state index contributed by atoms with van der Waals surface area (Å²) in [4.78, 5) is 0. The molecule has 0 bridgehead atoms. The molecule has 1 unspecified atom stereocenters. The summed E-state index contributed by atoms with van der Waals surface area (Å²) in [6.45, 7) is 7.76. The average Bonchev–Trinajstić information content (AvgIpc) is 3.13. The highest BCUT2D eigenvalue weighted by Gasteiger charge is 2.30. The zero-order valence-electron chi connectivity index (χ0n) is 12.6. The quantitative estimate of drug-likeness (QED) is 0.830. The summed E-state index contributed by atoms with van der Waals surface area (Å²) in [7, 11) is 1.92. The first kappa shape index (κ1) is 14.9. The third-order valence-corrected chi connectivity index (χ3v) is 4.59. The molecule has 0 radical (unpaired) electrons. The van der Waals surface area contributed by atoms with Crippen LogP contribution in [0.2, 0.25) is 5.15 Å². The smallest absolute Gasteiger partial charge is 0.130 e. The van der Waals surface area contributed by atoms with E-state index < -0.39 is 0 Å². The predicted octanol–water partition coefficient (Wildman–Crippen LogP) is 3.48. The van der Waals surface area contributed by atoms with Gasteiger partial charge in [0.25, 0.3) is 0 Å². The molecule has 0 saturated heterocycles. The van der Waals surface area contributed by atoms with E-state index in [1.54, 1.807) is 4.68 Å². The Morgan fingerprint density at radius 2 is 2.16 bits per heavy atom. The van der Waals surface area contributed by atoms with Crippen molar-refractivity contribution < 1.29 is 0 Å². The highest BCUT2D eigenvalue weighted by molar-refractivity contribution is 6.30. The number of nitrogens with one attached hydrogen (secondary N) is 1. The van der Waals surface area contributed by atoms with Crippen LogP contribution in [0.15, 0.2) is 0 Å². The molecule has 0 amide bonds. The van der Waals surface area contributed by atoms with Crippen molar-refractivity contribution in [1.82, 2.24) is 15.1 Å². The molecule has 1 saturated carbocycles. The maximum absolute atomic E-state index is 6.38. The van der Waals surface area contributed by atoms with Crippen molar-refractivity contribution in [2.24, 2.45) is 12.5 Å². The minimum Gasteiger partial charge on any atom is -0.313 e. The molecular weight excluding hydrogens is 258 g/mol. The molecule has 108 valence electrons. The molecule has 3 nitrogen and oxygen atoms in total. The largest absolute Gasteiger partial charge is 0.313 e. The Bertz CT molecular complexity index is 437. The number of rotatable bonds is 7. The van der Waals surface area contributed by atoms with Crippen molar-refractivity contribution in [2.75, 3.05) is 6.54 Å². The van der Waals surface area contributed by atoms with Crippen molar-refractivity contribution in [3.8, 4) is 0 Å². The van der Waals surface area contributed by atoms with Gasteiger partial charge in [0.1, 0.15) is 5.15 Å². The second-order valence-electron chi connectivity index (χ2n) is 6.37. The Hall–Kier alpha value is -0.540. The van der Waals surface area contributed by atoms with Crippen LogP contribution in [0.25, 0.3) is 0 Å². The van der Waals surface area contributed by atoms with Crippen LogP contribution in [0.1, 0.15) is 50.8 Å². The molecule has 1 N–H and O–H groups in total. The maximum atomic E-state index is 6.38. The number of hydrogen-bond donors (Lipinski definition) is 1. The summed E-state index contributed by atoms with van der Waals surface area (Å²) in [5.74, 6) is 0. The normalized spacial score (nSPS) is 18.6. The minimum absolute atomic E-state index is 0.273. The van der Waals surface area contributed by atoms with Crippen molar-refractivity contribution in [3.05, 3.63) is 16.4 Å². The van der Waals surface area contributed by atoms with Crippen LogP contribution in [0.5, 0.6) is 0 Å². The molecule has 1 aliphatic rings. The van der Waals surface area contributed by atoms with Gasteiger partial charge in [0.15, 0.2) is 0 Å². The lowest BCUT2D eigenvalue weighted by Gasteiger charge is -2.30. The molecule has 2 rings (SSSR count). The topological polar surface area (TPSA) is 29.9 Å². The first-order valence-electron chi connectivity index (χ1n) is 7.36. The Balaban J connectivity index is 2.09. The molecule has 0 spiro atoms. The Morgan fingerprint density at radius 1 is 1.47 bits per heavy atom. The van der Waals surface area contributed by atoms with E-state index in [2.05, 4.69) is 31.2 Å². The number of aromatic nitrogens is 2. The van der Waals surface area contributed by atoms with Gasteiger partial charge in [0, 0.05) is 25.2 Å². The molecule has 1 aliphatic carbocycles. The van der Waals surface area contributed by atoms with Gasteiger partial charge >= 0.3 is 0 Å². The third-order valence-electron chi connectivity index (χ3n) is 4.12. The molecule has 1 fully saturated rings. The summed E-state index contributed by atoms with van der Waals surface area (Å²) in [5.41, 5.74) is 2.56. The molecule has 1 heterocycles. The van der Waals surface area contributed by atoms with E-state index in [9.17, 15) is 0 Å². The van der Waals surface area contributed by atoms with Gasteiger partial charge in [0.2, 0.25) is 0 Å². The number of nitrogens with zero attached hydrogens (tertiary/aromatic N) is 2. The second-order valence-corrected chi connectivity index (χ2v) is 6.73. The van der Waals surface area contributed by atoms with Crippen LogP contribution in [-0.4, -0.2) is 22.4 Å². The van der Waals surface area contributed by atoms with Gasteiger partial charge in [-0.3, -0.25) is 4.68 Å². The van der Waals surface area contributed by atoms with E-state index in [0.29, 0.717) is 0 Å². The van der Waals surface area contributed by atoms with Gasteiger partial charge in [-0.25, -0.2) is 0 Å².